The molecule has 2 aliphatic rings. The maximum Gasteiger partial charge on any atom is 0.282 e. The maximum atomic E-state index is 13.1. The summed E-state index contributed by atoms with van der Waals surface area (Å²) in [5.41, 5.74) is 9.50. The second-order valence-electron chi connectivity index (χ2n) is 9.38. The van der Waals surface area contributed by atoms with Crippen LogP contribution in [0.1, 0.15) is 27.9 Å². The lowest BCUT2D eigenvalue weighted by atomic mass is 9.99. The Balaban J connectivity index is 1.16. The molecule has 3 heterocycles. The smallest absolute Gasteiger partial charge is 0.282 e. The van der Waals surface area contributed by atoms with E-state index in [0.717, 1.165) is 27.2 Å². The minimum Gasteiger partial charge on any atom is -0.486 e. The fourth-order valence-corrected chi connectivity index (χ4v) is 4.75. The normalized spacial score (nSPS) is 17.5. The van der Waals surface area contributed by atoms with Gasteiger partial charge in [0.2, 0.25) is 5.91 Å². The van der Waals surface area contributed by atoms with Gasteiger partial charge in [0.1, 0.15) is 17.7 Å². The number of ether oxygens (including phenoxy) is 1. The molecule has 3 aromatic rings. The minimum absolute atomic E-state index is 0.0836. The number of fused-ring (bicyclic) bond motifs is 1. The van der Waals surface area contributed by atoms with E-state index in [0.29, 0.717) is 48.0 Å². The summed E-state index contributed by atoms with van der Waals surface area (Å²) < 4.78 is 32.1. The highest BCUT2D eigenvalue weighted by molar-refractivity contribution is 6.32. The van der Waals surface area contributed by atoms with Crippen LogP contribution in [0.25, 0.3) is 11.1 Å². The van der Waals surface area contributed by atoms with Crippen molar-refractivity contribution in [3.05, 3.63) is 76.4 Å². The summed E-state index contributed by atoms with van der Waals surface area (Å²) in [5.74, 6) is -2.25. The second kappa shape index (κ2) is 9.97. The molecule has 1 fully saturated rings. The van der Waals surface area contributed by atoms with Crippen LogP contribution < -0.4 is 15.8 Å². The number of nitrogens with two attached hydrogens (primary N) is 1. The van der Waals surface area contributed by atoms with Crippen LogP contribution in [0.4, 0.5) is 14.6 Å². The summed E-state index contributed by atoms with van der Waals surface area (Å²) in [6.45, 7) is -0.739. The van der Waals surface area contributed by atoms with Crippen LogP contribution >= 0.6 is 11.6 Å². The molecule has 37 heavy (non-hydrogen) atoms. The van der Waals surface area contributed by atoms with E-state index in [2.05, 4.69) is 10.3 Å². The van der Waals surface area contributed by atoms with Crippen LogP contribution in [0.3, 0.4) is 0 Å². The van der Waals surface area contributed by atoms with Gasteiger partial charge in [-0.3, -0.25) is 9.59 Å². The Labute approximate surface area is 217 Å². The summed E-state index contributed by atoms with van der Waals surface area (Å²) in [6.07, 6.45) is 2.91. The van der Waals surface area contributed by atoms with Crippen molar-refractivity contribution in [1.82, 2.24) is 15.2 Å². The summed E-state index contributed by atoms with van der Waals surface area (Å²) in [4.78, 5) is 29.8. The van der Waals surface area contributed by atoms with Gasteiger partial charge in [-0.15, -0.1) is 0 Å². The number of alkyl halides is 2. The molecule has 7 nitrogen and oxygen atoms in total. The van der Waals surface area contributed by atoms with Crippen molar-refractivity contribution in [2.75, 3.05) is 25.4 Å². The van der Waals surface area contributed by atoms with E-state index >= 15 is 0 Å². The number of halogens is 3. The predicted molar refractivity (Wildman–Crippen MR) is 136 cm³/mol. The number of pyridine rings is 1. The zero-order chi connectivity index (χ0) is 26.2. The number of rotatable bonds is 7. The molecule has 2 aromatic carbocycles. The molecule has 1 saturated heterocycles. The predicted octanol–water partition coefficient (Wildman–Crippen LogP) is 4.13. The Morgan fingerprint density at radius 1 is 1.14 bits per heavy atom. The van der Waals surface area contributed by atoms with Gasteiger partial charge in [-0.05, 0) is 53.4 Å². The number of nitrogens with one attached hydrogen (secondary N) is 1. The molecule has 0 bridgehead atoms. The maximum absolute atomic E-state index is 13.1. The Hall–Kier alpha value is -3.72. The lowest BCUT2D eigenvalue weighted by Gasteiger charge is -2.38. The van der Waals surface area contributed by atoms with Gasteiger partial charge in [0.25, 0.3) is 11.8 Å². The van der Waals surface area contributed by atoms with E-state index in [1.54, 1.807) is 42.6 Å². The zero-order valence-corrected chi connectivity index (χ0v) is 20.6. The number of aromatic nitrogens is 1. The van der Waals surface area contributed by atoms with Crippen LogP contribution in [-0.2, 0) is 17.6 Å². The number of aryl methyl sites for hydroxylation is 1. The second-order valence-corrected chi connectivity index (χ2v) is 9.79. The number of anilines is 1. The Morgan fingerprint density at radius 2 is 1.89 bits per heavy atom. The van der Waals surface area contributed by atoms with E-state index in [1.165, 1.54) is 0 Å². The van der Waals surface area contributed by atoms with Crippen molar-refractivity contribution in [2.45, 2.75) is 31.3 Å². The summed E-state index contributed by atoms with van der Waals surface area (Å²) in [7, 11) is 0. The topological polar surface area (TPSA) is 97.5 Å². The van der Waals surface area contributed by atoms with Gasteiger partial charge in [-0.1, -0.05) is 29.8 Å². The SMILES string of the molecule is Nc1ccc(CCC(=O)NCC2Cc3cc(-c4ccc(C(=O)N5CC(F)(F)C5)cc4)cc(Cl)c3O2)cn1. The number of hydrogen-bond acceptors (Lipinski definition) is 5. The molecule has 10 heteroatoms. The number of amides is 2. The Morgan fingerprint density at radius 3 is 2.57 bits per heavy atom. The highest BCUT2D eigenvalue weighted by atomic mass is 35.5. The van der Waals surface area contributed by atoms with Crippen LogP contribution in [0.5, 0.6) is 5.75 Å². The van der Waals surface area contributed by atoms with Crippen molar-refractivity contribution in [3.8, 4) is 16.9 Å². The standard InChI is InChI=1S/C27H25ClF2N4O3/c28-22-11-19(17-3-5-18(6-4-17)26(36)34-14-27(29,30)15-34)9-20-10-21(37-25(20)22)13-33-24(35)8-2-16-1-7-23(31)32-12-16/h1,3-7,9,11-12,21H,2,8,10,13-15H2,(H2,31,32)(H,33,35). The van der Waals surface area contributed by atoms with E-state index in [4.69, 9.17) is 22.1 Å². The minimum atomic E-state index is -2.80. The van der Waals surface area contributed by atoms with E-state index < -0.39 is 24.9 Å². The van der Waals surface area contributed by atoms with Crippen molar-refractivity contribution in [1.29, 1.82) is 0 Å². The summed E-state index contributed by atoms with van der Waals surface area (Å²) in [6, 6.07) is 14.1. The van der Waals surface area contributed by atoms with Gasteiger partial charge in [-0.25, -0.2) is 13.8 Å². The Bertz CT molecular complexity index is 1320. The third-order valence-corrected chi connectivity index (χ3v) is 6.75. The molecule has 1 unspecified atom stereocenters. The average Bonchev–Trinajstić information content (AvgIpc) is 3.29. The summed E-state index contributed by atoms with van der Waals surface area (Å²) in [5, 5.41) is 3.37. The fourth-order valence-electron chi connectivity index (χ4n) is 4.47. The van der Waals surface area contributed by atoms with Gasteiger partial charge in [-0.2, -0.15) is 0 Å². The third-order valence-electron chi connectivity index (χ3n) is 6.46. The first-order valence-corrected chi connectivity index (χ1v) is 12.3. The molecule has 0 spiro atoms. The quantitative estimate of drug-likeness (QED) is 0.482. The van der Waals surface area contributed by atoms with E-state index in [9.17, 15) is 18.4 Å². The largest absolute Gasteiger partial charge is 0.486 e. The molecule has 1 atom stereocenters. The number of nitrogens with zero attached hydrogens (tertiary/aromatic N) is 2. The third kappa shape index (κ3) is 5.67. The van der Waals surface area contributed by atoms with Crippen molar-refractivity contribution in [2.24, 2.45) is 0 Å². The molecule has 0 aliphatic carbocycles. The van der Waals surface area contributed by atoms with Gasteiger partial charge < -0.3 is 20.7 Å². The van der Waals surface area contributed by atoms with Crippen molar-refractivity contribution >= 4 is 29.2 Å². The molecule has 0 saturated carbocycles. The summed E-state index contributed by atoms with van der Waals surface area (Å²) >= 11 is 6.50. The van der Waals surface area contributed by atoms with Gasteiger partial charge in [0.15, 0.2) is 0 Å². The lowest BCUT2D eigenvalue weighted by molar-refractivity contribution is -0.121. The number of carbonyl (C=O) groups excluding carboxylic acids is 2. The molecule has 192 valence electrons. The van der Waals surface area contributed by atoms with E-state index in [-0.39, 0.29) is 12.0 Å². The number of likely N-dealkylation sites (tertiary alicyclic amines) is 1. The average molecular weight is 527 g/mol. The van der Waals surface area contributed by atoms with Crippen LogP contribution in [0.15, 0.2) is 54.7 Å². The van der Waals surface area contributed by atoms with Crippen molar-refractivity contribution in [3.63, 3.8) is 0 Å². The zero-order valence-electron chi connectivity index (χ0n) is 19.8. The molecule has 0 radical (unpaired) electrons. The monoisotopic (exact) mass is 526 g/mol. The van der Waals surface area contributed by atoms with Crippen LogP contribution in [0.2, 0.25) is 5.02 Å². The highest BCUT2D eigenvalue weighted by Crippen LogP contribution is 2.39. The first-order valence-electron chi connectivity index (χ1n) is 11.9. The fraction of sp³-hybridized carbons (Fsp3) is 0.296. The van der Waals surface area contributed by atoms with Gasteiger partial charge >= 0.3 is 0 Å². The first kappa shape index (κ1) is 25.0. The van der Waals surface area contributed by atoms with Crippen LogP contribution in [0, 0.1) is 0 Å². The number of benzene rings is 2. The first-order chi connectivity index (χ1) is 17.7. The van der Waals surface area contributed by atoms with Gasteiger partial charge in [0.05, 0.1) is 24.7 Å². The number of hydrogen-bond donors (Lipinski definition) is 2. The molecule has 3 N–H and O–H groups in total. The van der Waals surface area contributed by atoms with Crippen LogP contribution in [-0.4, -0.2) is 53.4 Å². The molecule has 2 amide bonds. The van der Waals surface area contributed by atoms with E-state index in [1.807, 2.05) is 12.1 Å². The molecule has 2 aliphatic heterocycles. The molecule has 5 rings (SSSR count). The Kier molecular flexibility index (Phi) is 6.72. The lowest BCUT2D eigenvalue weighted by Crippen LogP contribution is -2.58. The van der Waals surface area contributed by atoms with Gasteiger partial charge in [0, 0.05) is 30.2 Å². The number of carbonyl (C=O) groups is 2. The van der Waals surface area contributed by atoms with Crippen molar-refractivity contribution < 1.29 is 23.1 Å². The molecular formula is C27H25ClF2N4O3. The number of nitrogen functional groups attached to an aromatic ring is 1. The highest BCUT2D eigenvalue weighted by Gasteiger charge is 2.46. The molecule has 1 aromatic heterocycles. The molecular weight excluding hydrogens is 502 g/mol.